The molecule has 2 fully saturated rings. The lowest BCUT2D eigenvalue weighted by atomic mass is 9.61. The number of likely N-dealkylation sites (tertiary alicyclic amines) is 1. The lowest BCUT2D eigenvalue weighted by Gasteiger charge is -2.53. The van der Waals surface area contributed by atoms with Gasteiger partial charge < -0.3 is 25.1 Å². The van der Waals surface area contributed by atoms with Crippen molar-refractivity contribution in [1.29, 1.82) is 5.41 Å². The molecule has 1 aromatic carbocycles. The van der Waals surface area contributed by atoms with Crippen LogP contribution in [0.25, 0.3) is 16.6 Å². The largest absolute Gasteiger partial charge is 0.497 e. The van der Waals surface area contributed by atoms with Gasteiger partial charge in [0.25, 0.3) is 0 Å². The second-order valence-corrected chi connectivity index (χ2v) is 9.67. The van der Waals surface area contributed by atoms with Gasteiger partial charge in [-0.3, -0.25) is 10.2 Å². The van der Waals surface area contributed by atoms with Crippen molar-refractivity contribution < 1.29 is 9.53 Å². The Kier molecular flexibility index (Phi) is 5.03. The molecule has 1 saturated heterocycles. The zero-order valence-corrected chi connectivity index (χ0v) is 19.2. The summed E-state index contributed by atoms with van der Waals surface area (Å²) in [5.41, 5.74) is 8.13. The third kappa shape index (κ3) is 3.59. The molecule has 1 saturated carbocycles. The van der Waals surface area contributed by atoms with Gasteiger partial charge in [0, 0.05) is 30.8 Å². The second kappa shape index (κ2) is 7.79. The molecule has 2 bridgehead atoms. The van der Waals surface area contributed by atoms with Crippen LogP contribution in [0.15, 0.2) is 48.8 Å². The Morgan fingerprint density at radius 3 is 2.55 bits per heavy atom. The van der Waals surface area contributed by atoms with Gasteiger partial charge in [0.1, 0.15) is 11.6 Å². The Morgan fingerprint density at radius 1 is 1.21 bits per heavy atom. The highest BCUT2D eigenvalue weighted by Crippen LogP contribution is 2.46. The molecule has 172 valence electrons. The maximum absolute atomic E-state index is 13.2. The molecule has 2 aromatic heterocycles. The summed E-state index contributed by atoms with van der Waals surface area (Å²) >= 11 is 0. The highest BCUT2D eigenvalue weighted by Gasteiger charge is 2.51. The molecular weight excluding hydrogens is 416 g/mol. The van der Waals surface area contributed by atoms with E-state index in [0.717, 1.165) is 34.6 Å². The van der Waals surface area contributed by atoms with Gasteiger partial charge in [-0.1, -0.05) is 18.2 Å². The van der Waals surface area contributed by atoms with Crippen LogP contribution >= 0.6 is 0 Å². The van der Waals surface area contributed by atoms with Crippen molar-refractivity contribution in [3.8, 4) is 16.9 Å². The van der Waals surface area contributed by atoms with Crippen molar-refractivity contribution in [3.63, 3.8) is 0 Å². The van der Waals surface area contributed by atoms with Crippen LogP contribution < -0.4 is 15.8 Å². The summed E-state index contributed by atoms with van der Waals surface area (Å²) < 4.78 is 7.33. The fourth-order valence-electron chi connectivity index (χ4n) is 5.46. The van der Waals surface area contributed by atoms with Crippen LogP contribution in [0.3, 0.4) is 0 Å². The van der Waals surface area contributed by atoms with Gasteiger partial charge in [-0.25, -0.2) is 4.98 Å². The molecule has 3 atom stereocenters. The summed E-state index contributed by atoms with van der Waals surface area (Å²) in [6.45, 7) is 5.36. The predicted octanol–water partition coefficient (Wildman–Crippen LogP) is 2.82. The monoisotopic (exact) mass is 446 g/mol. The normalized spacial score (nSPS) is 22.0. The van der Waals surface area contributed by atoms with E-state index in [1.807, 2.05) is 61.5 Å². The first-order chi connectivity index (χ1) is 15.8. The lowest BCUT2D eigenvalue weighted by molar-refractivity contribution is -0.141. The van der Waals surface area contributed by atoms with Crippen molar-refractivity contribution in [3.05, 3.63) is 54.6 Å². The molecule has 2 aliphatic rings. The molecule has 1 amide bonds. The van der Waals surface area contributed by atoms with Crippen LogP contribution in [0, 0.1) is 23.2 Å². The molecule has 3 aromatic rings. The number of nitrogens with two attached hydrogens (primary N) is 1. The topological polar surface area (TPSA) is 109 Å². The van der Waals surface area contributed by atoms with Gasteiger partial charge in [-0.15, -0.1) is 0 Å². The Morgan fingerprint density at radius 2 is 1.91 bits per heavy atom. The summed E-state index contributed by atoms with van der Waals surface area (Å²) in [6, 6.07) is 12.0. The first-order valence-corrected chi connectivity index (χ1v) is 11.3. The molecule has 33 heavy (non-hydrogen) atoms. The minimum absolute atomic E-state index is 0.0269. The van der Waals surface area contributed by atoms with Crippen molar-refractivity contribution in [1.82, 2.24) is 19.6 Å². The number of nitrogens with zero attached hydrogens (tertiary/aromatic N) is 3. The third-order valence-electron chi connectivity index (χ3n) is 7.14. The smallest absolute Gasteiger partial charge is 0.224 e. The number of rotatable bonds is 5. The molecule has 5 rings (SSSR count). The van der Waals surface area contributed by atoms with Crippen LogP contribution in [0.1, 0.15) is 26.1 Å². The molecule has 1 aliphatic carbocycles. The van der Waals surface area contributed by atoms with E-state index in [2.05, 4.69) is 15.8 Å². The molecule has 8 nitrogen and oxygen atoms in total. The Balaban J connectivity index is 1.38. The highest BCUT2D eigenvalue weighted by molar-refractivity contribution is 5.83. The average molecular weight is 447 g/mol. The zero-order chi connectivity index (χ0) is 23.3. The number of carbonyl (C=O) groups is 1. The highest BCUT2D eigenvalue weighted by atomic mass is 16.5. The molecule has 8 heteroatoms. The van der Waals surface area contributed by atoms with Crippen LogP contribution in [0.4, 0.5) is 0 Å². The number of aromatic nitrogens is 2. The number of ether oxygens (including phenoxy) is 1. The summed E-state index contributed by atoms with van der Waals surface area (Å²) in [5.74, 6) is 2.24. The van der Waals surface area contributed by atoms with Crippen LogP contribution in [0.5, 0.6) is 5.75 Å². The summed E-state index contributed by atoms with van der Waals surface area (Å²) in [5, 5.41) is 10.9. The van der Waals surface area contributed by atoms with E-state index in [9.17, 15) is 4.79 Å². The molecule has 1 aliphatic heterocycles. The van der Waals surface area contributed by atoms with Crippen LogP contribution in [0.2, 0.25) is 0 Å². The number of carbonyl (C=O) groups excluding carboxylic acids is 1. The van der Waals surface area contributed by atoms with E-state index in [1.54, 1.807) is 7.11 Å². The van der Waals surface area contributed by atoms with Gasteiger partial charge in [-0.2, -0.15) is 0 Å². The standard InChI is InChI=1S/C25H30N6O2/c1-25(2,29-22(32)21-16-11-17(21)14-30(13-16)24(26)27)23-28-12-20-19(5-4-10-31(20)23)15-6-8-18(33-3)9-7-15/h4-10,12,16-17,21H,11,13-14H2,1-3H3,(H3,26,27)(H,29,32)/t16-,17+,21-. The molecule has 0 spiro atoms. The van der Waals surface area contributed by atoms with E-state index >= 15 is 0 Å². The lowest BCUT2D eigenvalue weighted by Crippen LogP contribution is -2.62. The third-order valence-corrected chi connectivity index (χ3v) is 7.14. The summed E-state index contributed by atoms with van der Waals surface area (Å²) in [4.78, 5) is 19.8. The summed E-state index contributed by atoms with van der Waals surface area (Å²) in [6.07, 6.45) is 4.88. The Bertz CT molecular complexity index is 1200. The fourth-order valence-corrected chi connectivity index (χ4v) is 5.46. The predicted molar refractivity (Wildman–Crippen MR) is 127 cm³/mol. The number of fused-ring (bicyclic) bond motifs is 3. The van der Waals surface area contributed by atoms with Gasteiger partial charge in [-0.05, 0) is 55.9 Å². The van der Waals surface area contributed by atoms with E-state index < -0.39 is 5.54 Å². The van der Waals surface area contributed by atoms with Crippen molar-refractivity contribution >= 4 is 17.4 Å². The second-order valence-electron chi connectivity index (χ2n) is 9.67. The van der Waals surface area contributed by atoms with Gasteiger partial charge in [0.2, 0.25) is 5.91 Å². The molecular formula is C25H30N6O2. The zero-order valence-electron chi connectivity index (χ0n) is 19.2. The van der Waals surface area contributed by atoms with E-state index in [1.165, 1.54) is 0 Å². The molecule has 0 radical (unpaired) electrons. The quantitative estimate of drug-likeness (QED) is 0.413. The minimum Gasteiger partial charge on any atom is -0.497 e. The maximum atomic E-state index is 13.2. The number of hydrogen-bond donors (Lipinski definition) is 3. The summed E-state index contributed by atoms with van der Waals surface area (Å²) in [7, 11) is 1.66. The minimum atomic E-state index is -0.647. The van der Waals surface area contributed by atoms with Crippen LogP contribution in [-0.2, 0) is 10.3 Å². The number of imidazole rings is 1. The van der Waals surface area contributed by atoms with Gasteiger partial charge in [0.05, 0.1) is 24.4 Å². The number of nitrogens with one attached hydrogen (secondary N) is 2. The van der Waals surface area contributed by atoms with E-state index in [4.69, 9.17) is 20.9 Å². The van der Waals surface area contributed by atoms with Crippen molar-refractivity contribution in [2.24, 2.45) is 23.5 Å². The van der Waals surface area contributed by atoms with E-state index in [0.29, 0.717) is 13.1 Å². The van der Waals surface area contributed by atoms with Gasteiger partial charge in [0.15, 0.2) is 5.96 Å². The number of hydrogen-bond acceptors (Lipinski definition) is 4. The number of piperidine rings is 2. The fraction of sp³-hybridized carbons (Fsp3) is 0.400. The molecule has 0 unspecified atom stereocenters. The van der Waals surface area contributed by atoms with Crippen LogP contribution in [-0.4, -0.2) is 46.4 Å². The number of amides is 1. The Hall–Kier alpha value is -3.55. The SMILES string of the molecule is COc1ccc(-c2cccn3c(C(C)(C)NC(=O)[C@@H]4[C@@H]5C[C@H]4CN(C(=N)N)C5)ncc23)cc1. The average Bonchev–Trinajstić information content (AvgIpc) is 3.24. The van der Waals surface area contributed by atoms with Gasteiger partial charge >= 0.3 is 0 Å². The molecule has 4 N–H and O–H groups in total. The number of pyridine rings is 1. The van der Waals surface area contributed by atoms with Crippen molar-refractivity contribution in [2.75, 3.05) is 20.2 Å². The number of benzene rings is 1. The maximum Gasteiger partial charge on any atom is 0.224 e. The number of methoxy groups -OCH3 is 1. The first kappa shape index (κ1) is 21.3. The Labute approximate surface area is 193 Å². The molecule has 3 heterocycles. The van der Waals surface area contributed by atoms with E-state index in [-0.39, 0.29) is 29.6 Å². The number of guanidine groups is 1. The van der Waals surface area contributed by atoms with Crippen molar-refractivity contribution in [2.45, 2.75) is 25.8 Å². The first-order valence-electron chi connectivity index (χ1n) is 11.3.